The highest BCUT2D eigenvalue weighted by Crippen LogP contribution is 2.55. The van der Waals surface area contributed by atoms with Gasteiger partial charge in [-0.3, -0.25) is 9.69 Å². The molecule has 3 aliphatic heterocycles. The van der Waals surface area contributed by atoms with E-state index in [0.29, 0.717) is 6.04 Å². The molecule has 0 unspecified atom stereocenters. The Morgan fingerprint density at radius 3 is 3.00 bits per heavy atom. The van der Waals surface area contributed by atoms with Gasteiger partial charge in [-0.05, 0) is 43.5 Å². The Bertz CT molecular complexity index is 951. The first-order valence-corrected chi connectivity index (χ1v) is 9.15. The molecular weight excluding hydrogens is 310 g/mol. The van der Waals surface area contributed by atoms with Crippen molar-refractivity contribution < 1.29 is 4.79 Å². The van der Waals surface area contributed by atoms with E-state index in [1.165, 1.54) is 47.6 Å². The van der Waals surface area contributed by atoms with Gasteiger partial charge in [0, 0.05) is 34.8 Å². The predicted molar refractivity (Wildman–Crippen MR) is 99.9 cm³/mol. The molecule has 2 aromatic rings. The molecule has 0 radical (unpaired) electrons. The lowest BCUT2D eigenvalue weighted by Gasteiger charge is -2.52. The highest BCUT2D eigenvalue weighted by Gasteiger charge is 2.48. The Morgan fingerprint density at radius 1 is 1.32 bits per heavy atom. The van der Waals surface area contributed by atoms with Crippen LogP contribution in [-0.2, 0) is 11.2 Å². The van der Waals surface area contributed by atoms with Crippen LogP contribution in [0.2, 0.25) is 0 Å². The molecule has 128 valence electrons. The zero-order valence-electron chi connectivity index (χ0n) is 14.5. The number of nitrogens with zero attached hydrogens (tertiary/aromatic N) is 2. The van der Waals surface area contributed by atoms with Gasteiger partial charge in [-0.25, -0.2) is 0 Å². The molecule has 3 aliphatic rings. The van der Waals surface area contributed by atoms with E-state index >= 15 is 0 Å². The maximum atomic E-state index is 11.3. The highest BCUT2D eigenvalue weighted by atomic mass is 16.1. The fraction of sp³-hybridized carbons (Fsp3) is 0.381. The fourth-order valence-corrected chi connectivity index (χ4v) is 5.33. The van der Waals surface area contributed by atoms with E-state index in [0.717, 1.165) is 18.7 Å². The number of hydrogen-bond donors (Lipinski definition) is 1. The van der Waals surface area contributed by atoms with Crippen LogP contribution in [0.25, 0.3) is 16.6 Å². The van der Waals surface area contributed by atoms with Gasteiger partial charge >= 0.3 is 0 Å². The standard InChI is InChI=1S/C21H23N3O/c1-21-10-4-11-23-12-9-16-15-5-2-3-6-17(15)24(19(16)20(21)23)14(13-21)7-8-18(22)25/h2-3,5-8,13,20H,4,9-12H2,1H3,(H2,22,25)/b8-7+/t20-,21+/m1/s1. The molecule has 4 heterocycles. The molecule has 2 atom stereocenters. The molecule has 1 fully saturated rings. The number of rotatable bonds is 2. The smallest absolute Gasteiger partial charge is 0.241 e. The number of fused-ring (bicyclic) bond motifs is 3. The largest absolute Gasteiger partial charge is 0.366 e. The number of nitrogens with two attached hydrogens (primary N) is 1. The molecule has 0 bridgehead atoms. The van der Waals surface area contributed by atoms with Crippen molar-refractivity contribution in [2.75, 3.05) is 13.1 Å². The molecule has 0 aliphatic carbocycles. The summed E-state index contributed by atoms with van der Waals surface area (Å²) in [7, 11) is 0. The quantitative estimate of drug-likeness (QED) is 0.858. The molecule has 25 heavy (non-hydrogen) atoms. The number of aromatic nitrogens is 1. The van der Waals surface area contributed by atoms with Gasteiger partial charge in [0.1, 0.15) is 0 Å². The summed E-state index contributed by atoms with van der Waals surface area (Å²) in [6.07, 6.45) is 9.26. The van der Waals surface area contributed by atoms with E-state index in [9.17, 15) is 4.79 Å². The number of hydrogen-bond acceptors (Lipinski definition) is 2. The number of allylic oxidation sites excluding steroid dienone is 2. The van der Waals surface area contributed by atoms with Gasteiger partial charge < -0.3 is 10.3 Å². The summed E-state index contributed by atoms with van der Waals surface area (Å²) >= 11 is 0. The van der Waals surface area contributed by atoms with Crippen molar-refractivity contribution in [3.8, 4) is 0 Å². The van der Waals surface area contributed by atoms with Crippen molar-refractivity contribution in [2.24, 2.45) is 11.1 Å². The maximum Gasteiger partial charge on any atom is 0.241 e. The first-order valence-electron chi connectivity index (χ1n) is 9.15. The van der Waals surface area contributed by atoms with Crippen LogP contribution in [0, 0.1) is 5.41 Å². The number of carbonyl (C=O) groups is 1. The molecule has 1 aromatic carbocycles. The maximum absolute atomic E-state index is 11.3. The first kappa shape index (κ1) is 15.0. The molecule has 5 rings (SSSR count). The summed E-state index contributed by atoms with van der Waals surface area (Å²) in [5.74, 6) is -0.399. The number of carbonyl (C=O) groups excluding carboxylic acids is 1. The van der Waals surface area contributed by atoms with Crippen molar-refractivity contribution in [1.29, 1.82) is 0 Å². The van der Waals surface area contributed by atoms with E-state index in [4.69, 9.17) is 5.73 Å². The minimum absolute atomic E-state index is 0.106. The second-order valence-corrected chi connectivity index (χ2v) is 7.82. The Morgan fingerprint density at radius 2 is 2.16 bits per heavy atom. The normalized spacial score (nSPS) is 28.2. The van der Waals surface area contributed by atoms with Crippen molar-refractivity contribution >= 4 is 22.5 Å². The van der Waals surface area contributed by atoms with Gasteiger partial charge in [0.2, 0.25) is 5.91 Å². The molecule has 4 heteroatoms. The van der Waals surface area contributed by atoms with Gasteiger partial charge in [-0.1, -0.05) is 31.2 Å². The molecule has 1 amide bonds. The molecular formula is C21H23N3O. The van der Waals surface area contributed by atoms with E-state index in [1.807, 2.05) is 6.08 Å². The van der Waals surface area contributed by atoms with E-state index in [-0.39, 0.29) is 5.41 Å². The zero-order valence-corrected chi connectivity index (χ0v) is 14.5. The Labute approximate surface area is 147 Å². The van der Waals surface area contributed by atoms with Crippen molar-refractivity contribution in [3.63, 3.8) is 0 Å². The second kappa shape index (κ2) is 5.09. The number of piperidine rings is 1. The van der Waals surface area contributed by atoms with E-state index in [1.54, 1.807) is 0 Å². The second-order valence-electron chi connectivity index (χ2n) is 7.82. The topological polar surface area (TPSA) is 51.3 Å². The van der Waals surface area contributed by atoms with Crippen LogP contribution in [0.4, 0.5) is 0 Å². The third-order valence-electron chi connectivity index (χ3n) is 6.23. The Kier molecular flexibility index (Phi) is 3.04. The summed E-state index contributed by atoms with van der Waals surface area (Å²) in [5, 5.41) is 1.35. The number of para-hydroxylation sites is 1. The molecule has 4 nitrogen and oxygen atoms in total. The minimum atomic E-state index is -0.399. The van der Waals surface area contributed by atoms with Gasteiger partial charge in [-0.15, -0.1) is 0 Å². The van der Waals surface area contributed by atoms with Crippen molar-refractivity contribution in [2.45, 2.75) is 32.2 Å². The van der Waals surface area contributed by atoms with Crippen LogP contribution in [0.1, 0.15) is 37.1 Å². The Hall–Kier alpha value is -2.33. The lowest BCUT2D eigenvalue weighted by atomic mass is 9.69. The van der Waals surface area contributed by atoms with Crippen LogP contribution in [0.3, 0.4) is 0 Å². The van der Waals surface area contributed by atoms with Gasteiger partial charge in [0.15, 0.2) is 0 Å². The van der Waals surface area contributed by atoms with Gasteiger partial charge in [0.25, 0.3) is 0 Å². The molecule has 2 N–H and O–H groups in total. The predicted octanol–water partition coefficient (Wildman–Crippen LogP) is 3.24. The van der Waals surface area contributed by atoms with Crippen molar-refractivity contribution in [1.82, 2.24) is 9.47 Å². The third-order valence-corrected chi connectivity index (χ3v) is 6.23. The molecule has 0 spiro atoms. The first-order chi connectivity index (χ1) is 12.1. The summed E-state index contributed by atoms with van der Waals surface area (Å²) in [5.41, 5.74) is 10.7. The number of primary amides is 1. The van der Waals surface area contributed by atoms with Crippen LogP contribution < -0.4 is 5.73 Å². The summed E-state index contributed by atoms with van der Waals surface area (Å²) in [4.78, 5) is 14.0. The van der Waals surface area contributed by atoms with Crippen LogP contribution >= 0.6 is 0 Å². The molecule has 0 saturated carbocycles. The van der Waals surface area contributed by atoms with Crippen LogP contribution in [0.15, 0.2) is 42.5 Å². The lowest BCUT2D eigenvalue weighted by Crippen LogP contribution is -2.49. The van der Waals surface area contributed by atoms with Crippen LogP contribution in [0.5, 0.6) is 0 Å². The average molecular weight is 333 g/mol. The van der Waals surface area contributed by atoms with Crippen molar-refractivity contribution in [3.05, 3.63) is 53.8 Å². The summed E-state index contributed by atoms with van der Waals surface area (Å²) in [6.45, 7) is 4.70. The fourth-order valence-electron chi connectivity index (χ4n) is 5.33. The monoisotopic (exact) mass is 333 g/mol. The zero-order chi connectivity index (χ0) is 17.2. The average Bonchev–Trinajstić information content (AvgIpc) is 2.93. The van der Waals surface area contributed by atoms with Gasteiger partial charge in [-0.2, -0.15) is 0 Å². The number of benzene rings is 1. The molecule has 1 aromatic heterocycles. The SMILES string of the molecule is C[C@@]12C=C(/C=C/C(N)=O)n3c4c(c5ccccc53)CCN(CCC1)[C@H]42. The minimum Gasteiger partial charge on any atom is -0.366 e. The van der Waals surface area contributed by atoms with Gasteiger partial charge in [0.05, 0.1) is 11.6 Å². The summed E-state index contributed by atoms with van der Waals surface area (Å²) in [6, 6.07) is 9.08. The third kappa shape index (κ3) is 2.00. The highest BCUT2D eigenvalue weighted by molar-refractivity contribution is 5.93. The number of amides is 1. The van der Waals surface area contributed by atoms with E-state index in [2.05, 4.69) is 46.7 Å². The van der Waals surface area contributed by atoms with E-state index < -0.39 is 5.91 Å². The Balaban J connectivity index is 1.84. The van der Waals surface area contributed by atoms with Crippen LogP contribution in [-0.4, -0.2) is 28.5 Å². The molecule has 1 saturated heterocycles. The lowest BCUT2D eigenvalue weighted by molar-refractivity contribution is -0.113. The summed E-state index contributed by atoms with van der Waals surface area (Å²) < 4.78 is 2.37.